The molecule has 128 valence electrons. The van der Waals surface area contributed by atoms with Crippen LogP contribution in [0.3, 0.4) is 0 Å². The minimum atomic E-state index is 0.0355. The van der Waals surface area contributed by atoms with Crippen LogP contribution in [-0.2, 0) is 11.3 Å². The van der Waals surface area contributed by atoms with Crippen molar-refractivity contribution in [1.29, 1.82) is 0 Å². The van der Waals surface area contributed by atoms with Gasteiger partial charge >= 0.3 is 0 Å². The van der Waals surface area contributed by atoms with Gasteiger partial charge < -0.3 is 14.6 Å². The maximum absolute atomic E-state index is 12.5. The summed E-state index contributed by atoms with van der Waals surface area (Å²) in [6, 6.07) is 17.5. The molecule has 1 aromatic heterocycles. The Bertz CT molecular complexity index is 827. The highest BCUT2D eigenvalue weighted by Gasteiger charge is 2.29. The van der Waals surface area contributed by atoms with Crippen molar-refractivity contribution in [3.05, 3.63) is 60.5 Å². The van der Waals surface area contributed by atoms with Gasteiger partial charge in [-0.3, -0.25) is 4.79 Å². The third-order valence-corrected chi connectivity index (χ3v) is 4.77. The molecule has 1 aliphatic rings. The summed E-state index contributed by atoms with van der Waals surface area (Å²) in [4.78, 5) is 18.5. The van der Waals surface area contributed by atoms with Crippen LogP contribution >= 0.6 is 0 Å². The summed E-state index contributed by atoms with van der Waals surface area (Å²) in [5, 5.41) is 3.03. The highest BCUT2D eigenvalue weighted by atomic mass is 16.3. The SMILES string of the molecule is O=C(Nc1ccccc1)[C@H]1CCC[NH+](Cc2nc3ccccc3o2)C1. The van der Waals surface area contributed by atoms with Gasteiger partial charge in [-0.2, -0.15) is 0 Å². The summed E-state index contributed by atoms with van der Waals surface area (Å²) >= 11 is 0. The average Bonchev–Trinajstić information content (AvgIpc) is 3.05. The number of benzene rings is 2. The highest BCUT2D eigenvalue weighted by molar-refractivity contribution is 5.92. The molecule has 1 saturated heterocycles. The Morgan fingerprint density at radius 1 is 1.16 bits per heavy atom. The molecular weight excluding hydrogens is 314 g/mol. The van der Waals surface area contributed by atoms with E-state index >= 15 is 0 Å². The Labute approximate surface area is 146 Å². The van der Waals surface area contributed by atoms with E-state index in [0.29, 0.717) is 0 Å². The Morgan fingerprint density at radius 2 is 1.96 bits per heavy atom. The van der Waals surface area contributed by atoms with Gasteiger partial charge in [0.15, 0.2) is 12.1 Å². The largest absolute Gasteiger partial charge is 0.435 e. The van der Waals surface area contributed by atoms with Crippen molar-refractivity contribution in [3.63, 3.8) is 0 Å². The number of para-hydroxylation sites is 3. The number of carbonyl (C=O) groups is 1. The second-order valence-electron chi connectivity index (χ2n) is 6.65. The average molecular weight is 336 g/mol. The molecule has 1 aliphatic heterocycles. The molecule has 0 spiro atoms. The third kappa shape index (κ3) is 3.72. The van der Waals surface area contributed by atoms with Gasteiger partial charge in [0.25, 0.3) is 5.89 Å². The van der Waals surface area contributed by atoms with Crippen LogP contribution in [0.25, 0.3) is 11.1 Å². The number of fused-ring (bicyclic) bond motifs is 1. The Hall–Kier alpha value is -2.66. The molecule has 0 saturated carbocycles. The van der Waals surface area contributed by atoms with Gasteiger partial charge in [-0.05, 0) is 37.1 Å². The third-order valence-electron chi connectivity index (χ3n) is 4.77. The minimum absolute atomic E-state index is 0.0355. The number of anilines is 1. The molecule has 1 amide bonds. The molecule has 3 aromatic rings. The second kappa shape index (κ2) is 7.07. The summed E-state index contributed by atoms with van der Waals surface area (Å²) in [5.74, 6) is 0.898. The van der Waals surface area contributed by atoms with E-state index in [1.165, 1.54) is 4.90 Å². The molecule has 2 aromatic carbocycles. The number of amides is 1. The monoisotopic (exact) mass is 336 g/mol. The van der Waals surface area contributed by atoms with E-state index in [4.69, 9.17) is 4.42 Å². The number of nitrogens with one attached hydrogen (secondary N) is 2. The molecule has 0 bridgehead atoms. The standard InChI is InChI=1S/C20H21N3O2/c24-20(21-16-8-2-1-3-9-16)15-7-6-12-23(13-15)14-19-22-17-10-4-5-11-18(17)25-19/h1-5,8-11,15H,6-7,12-14H2,(H,21,24)/p+1/t15-/m0/s1. The fourth-order valence-corrected chi connectivity index (χ4v) is 3.51. The topological polar surface area (TPSA) is 59.6 Å². The summed E-state index contributed by atoms with van der Waals surface area (Å²) in [5.41, 5.74) is 2.58. The number of carbonyl (C=O) groups excluding carboxylic acids is 1. The van der Waals surface area contributed by atoms with Crippen LogP contribution in [0.2, 0.25) is 0 Å². The molecule has 5 nitrogen and oxygen atoms in total. The second-order valence-corrected chi connectivity index (χ2v) is 6.65. The molecule has 1 fully saturated rings. The predicted octanol–water partition coefficient (Wildman–Crippen LogP) is 2.26. The van der Waals surface area contributed by atoms with Crippen molar-refractivity contribution in [3.8, 4) is 0 Å². The number of hydrogen-bond donors (Lipinski definition) is 2. The van der Waals surface area contributed by atoms with Crippen LogP contribution in [-0.4, -0.2) is 24.0 Å². The Balaban J connectivity index is 1.39. The van der Waals surface area contributed by atoms with E-state index in [2.05, 4.69) is 10.3 Å². The van der Waals surface area contributed by atoms with Crippen molar-refractivity contribution in [2.24, 2.45) is 5.92 Å². The van der Waals surface area contributed by atoms with Crippen LogP contribution < -0.4 is 10.2 Å². The lowest BCUT2D eigenvalue weighted by Gasteiger charge is -2.28. The van der Waals surface area contributed by atoms with Gasteiger partial charge in [-0.15, -0.1) is 0 Å². The maximum atomic E-state index is 12.5. The number of oxazole rings is 1. The molecule has 0 aliphatic carbocycles. The summed E-state index contributed by atoms with van der Waals surface area (Å²) in [7, 11) is 0. The fourth-order valence-electron chi connectivity index (χ4n) is 3.51. The van der Waals surface area contributed by atoms with Crippen LogP contribution in [0.4, 0.5) is 5.69 Å². The first kappa shape index (κ1) is 15.8. The van der Waals surface area contributed by atoms with Gasteiger partial charge in [0.2, 0.25) is 5.91 Å². The van der Waals surface area contributed by atoms with Crippen LogP contribution in [0, 0.1) is 5.92 Å². The highest BCUT2D eigenvalue weighted by Crippen LogP contribution is 2.15. The molecule has 0 radical (unpaired) electrons. The zero-order valence-electron chi connectivity index (χ0n) is 14.1. The zero-order chi connectivity index (χ0) is 17.1. The van der Waals surface area contributed by atoms with Crippen molar-refractivity contribution in [2.45, 2.75) is 19.4 Å². The van der Waals surface area contributed by atoms with E-state index in [9.17, 15) is 4.79 Å². The lowest BCUT2D eigenvalue weighted by molar-refractivity contribution is -0.922. The number of piperidine rings is 1. The van der Waals surface area contributed by atoms with E-state index in [1.54, 1.807) is 0 Å². The van der Waals surface area contributed by atoms with Gasteiger partial charge in [0.05, 0.1) is 19.0 Å². The van der Waals surface area contributed by atoms with Gasteiger partial charge in [-0.25, -0.2) is 4.98 Å². The van der Waals surface area contributed by atoms with Crippen LogP contribution in [0.15, 0.2) is 59.0 Å². The zero-order valence-corrected chi connectivity index (χ0v) is 14.1. The van der Waals surface area contributed by atoms with Crippen molar-refractivity contribution < 1.29 is 14.1 Å². The van der Waals surface area contributed by atoms with Gasteiger partial charge in [-0.1, -0.05) is 30.3 Å². The van der Waals surface area contributed by atoms with Crippen molar-refractivity contribution in [2.75, 3.05) is 18.4 Å². The smallest absolute Gasteiger partial charge is 0.251 e. The number of hydrogen-bond acceptors (Lipinski definition) is 3. The van der Waals surface area contributed by atoms with E-state index in [1.807, 2.05) is 54.6 Å². The van der Waals surface area contributed by atoms with E-state index in [0.717, 1.165) is 55.2 Å². The summed E-state index contributed by atoms with van der Waals surface area (Å²) < 4.78 is 5.83. The van der Waals surface area contributed by atoms with Crippen LogP contribution in [0.5, 0.6) is 0 Å². The number of rotatable bonds is 4. The summed E-state index contributed by atoms with van der Waals surface area (Å²) in [6.45, 7) is 2.59. The molecule has 2 atom stereocenters. The van der Waals surface area contributed by atoms with Crippen LogP contribution in [0.1, 0.15) is 18.7 Å². The minimum Gasteiger partial charge on any atom is -0.435 e. The number of quaternary nitrogens is 1. The van der Waals surface area contributed by atoms with Crippen molar-refractivity contribution >= 4 is 22.7 Å². The molecule has 1 unspecified atom stereocenters. The first-order valence-electron chi connectivity index (χ1n) is 8.82. The first-order valence-corrected chi connectivity index (χ1v) is 8.82. The number of aromatic nitrogens is 1. The number of likely N-dealkylation sites (tertiary alicyclic amines) is 1. The molecule has 4 rings (SSSR count). The molecule has 2 N–H and O–H groups in total. The lowest BCUT2D eigenvalue weighted by atomic mass is 9.97. The molecule has 2 heterocycles. The fraction of sp³-hybridized carbons (Fsp3) is 0.300. The van der Waals surface area contributed by atoms with E-state index in [-0.39, 0.29) is 11.8 Å². The summed E-state index contributed by atoms with van der Waals surface area (Å²) in [6.07, 6.45) is 1.98. The predicted molar refractivity (Wildman–Crippen MR) is 96.2 cm³/mol. The van der Waals surface area contributed by atoms with E-state index < -0.39 is 0 Å². The Kier molecular flexibility index (Phi) is 4.48. The maximum Gasteiger partial charge on any atom is 0.251 e. The first-order chi connectivity index (χ1) is 12.3. The Morgan fingerprint density at radius 3 is 2.80 bits per heavy atom. The quantitative estimate of drug-likeness (QED) is 0.768. The van der Waals surface area contributed by atoms with Crippen molar-refractivity contribution in [1.82, 2.24) is 4.98 Å². The molecular formula is C20H22N3O2+. The normalized spacial score (nSPS) is 20.5. The molecule has 5 heteroatoms. The molecule has 25 heavy (non-hydrogen) atoms. The number of nitrogens with zero attached hydrogens (tertiary/aromatic N) is 1. The lowest BCUT2D eigenvalue weighted by Crippen LogP contribution is -3.12. The van der Waals surface area contributed by atoms with Gasteiger partial charge in [0, 0.05) is 5.69 Å². The van der Waals surface area contributed by atoms with Gasteiger partial charge in [0.1, 0.15) is 5.52 Å².